The predicted molar refractivity (Wildman–Crippen MR) is 128 cm³/mol. The van der Waals surface area contributed by atoms with Crippen molar-refractivity contribution in [1.29, 1.82) is 0 Å². The highest BCUT2D eigenvalue weighted by Gasteiger charge is 2.26. The monoisotopic (exact) mass is 417 g/mol. The maximum Gasteiger partial charge on any atom is 0.259 e. The average Bonchev–Trinajstić information content (AvgIpc) is 3.46. The molecule has 32 heavy (non-hydrogen) atoms. The van der Waals surface area contributed by atoms with Crippen molar-refractivity contribution in [2.45, 2.75) is 13.8 Å². The van der Waals surface area contributed by atoms with Gasteiger partial charge in [-0.15, -0.1) is 0 Å². The van der Waals surface area contributed by atoms with E-state index in [9.17, 15) is 0 Å². The van der Waals surface area contributed by atoms with E-state index in [4.69, 9.17) is 8.83 Å². The summed E-state index contributed by atoms with van der Waals surface area (Å²) in [4.78, 5) is 0. The van der Waals surface area contributed by atoms with Crippen molar-refractivity contribution in [3.63, 3.8) is 0 Å². The van der Waals surface area contributed by atoms with Crippen LogP contribution in [-0.4, -0.2) is 4.57 Å². The van der Waals surface area contributed by atoms with Crippen LogP contribution in [0.5, 0.6) is 0 Å². The van der Waals surface area contributed by atoms with E-state index in [1.165, 1.54) is 16.6 Å². The Morgan fingerprint density at radius 1 is 0.781 bits per heavy atom. The Balaban J connectivity index is 1.60. The van der Waals surface area contributed by atoms with Crippen molar-refractivity contribution in [3.05, 3.63) is 84.4 Å². The lowest BCUT2D eigenvalue weighted by Crippen LogP contribution is -2.30. The van der Waals surface area contributed by atoms with Gasteiger partial charge in [-0.25, -0.2) is 4.57 Å². The Morgan fingerprint density at radius 2 is 1.59 bits per heavy atom. The highest BCUT2D eigenvalue weighted by molar-refractivity contribution is 6.16. The van der Waals surface area contributed by atoms with E-state index in [0.29, 0.717) is 0 Å². The molecular formula is C28H21N2O2+. The minimum atomic E-state index is 0.896. The SMILES string of the molecule is Cc1ccccc1-n1c(C)[n+](C)c2c3oc4cc5cc6occc6cc5cc4c3ccc21. The van der Waals surface area contributed by atoms with E-state index < -0.39 is 0 Å². The summed E-state index contributed by atoms with van der Waals surface area (Å²) in [6.07, 6.45) is 1.74. The molecule has 3 aromatic heterocycles. The number of benzene rings is 4. The van der Waals surface area contributed by atoms with Crippen LogP contribution in [0.15, 0.2) is 81.8 Å². The highest BCUT2D eigenvalue weighted by Crippen LogP contribution is 2.37. The second-order valence-electron chi connectivity index (χ2n) is 8.65. The van der Waals surface area contributed by atoms with Gasteiger partial charge in [0.25, 0.3) is 5.82 Å². The van der Waals surface area contributed by atoms with Gasteiger partial charge in [-0.1, -0.05) is 18.2 Å². The topological polar surface area (TPSA) is 35.1 Å². The molecule has 0 unspecified atom stereocenters. The van der Waals surface area contributed by atoms with Crippen LogP contribution in [0, 0.1) is 13.8 Å². The molecule has 4 heteroatoms. The quantitative estimate of drug-likeness (QED) is 0.273. The fourth-order valence-electron chi connectivity index (χ4n) is 5.13. The third-order valence-corrected chi connectivity index (χ3v) is 6.86. The van der Waals surface area contributed by atoms with Crippen LogP contribution in [0.4, 0.5) is 0 Å². The summed E-state index contributed by atoms with van der Waals surface area (Å²) in [5.41, 5.74) is 7.41. The molecule has 0 atom stereocenters. The predicted octanol–water partition coefficient (Wildman–Crippen LogP) is 6.87. The Hall–Kier alpha value is -4.05. The third-order valence-electron chi connectivity index (χ3n) is 6.86. The van der Waals surface area contributed by atoms with Crippen LogP contribution in [0.1, 0.15) is 11.4 Å². The molecule has 0 aliphatic carbocycles. The lowest BCUT2D eigenvalue weighted by molar-refractivity contribution is -0.651. The van der Waals surface area contributed by atoms with Crippen LogP contribution in [-0.2, 0) is 7.05 Å². The van der Waals surface area contributed by atoms with Gasteiger partial charge in [0, 0.05) is 23.1 Å². The van der Waals surface area contributed by atoms with Gasteiger partial charge in [0.05, 0.1) is 13.3 Å². The second-order valence-corrected chi connectivity index (χ2v) is 8.65. The zero-order chi connectivity index (χ0) is 21.6. The van der Waals surface area contributed by atoms with E-state index in [1.54, 1.807) is 6.26 Å². The molecule has 0 aliphatic heterocycles. The van der Waals surface area contributed by atoms with Crippen molar-refractivity contribution in [2.75, 3.05) is 0 Å². The largest absolute Gasteiger partial charge is 0.464 e. The summed E-state index contributed by atoms with van der Waals surface area (Å²) in [6.45, 7) is 4.31. The lowest BCUT2D eigenvalue weighted by Gasteiger charge is -2.03. The van der Waals surface area contributed by atoms with Crippen molar-refractivity contribution in [3.8, 4) is 5.69 Å². The Bertz CT molecular complexity index is 1860. The number of nitrogens with zero attached hydrogens (tertiary/aromatic N) is 2. The molecule has 0 saturated carbocycles. The van der Waals surface area contributed by atoms with Crippen molar-refractivity contribution in [1.82, 2.24) is 4.57 Å². The third kappa shape index (κ3) is 2.19. The minimum absolute atomic E-state index is 0.896. The standard InChI is InChI=1S/C28H21N2O2/c1-16-6-4-5-7-23(16)30-17(2)29(3)27-24(30)9-8-21-22-13-19-12-18-10-11-31-25(18)14-20(19)15-26(22)32-28(21)27/h4-15H,1-3H3/q+1. The van der Waals surface area contributed by atoms with Crippen molar-refractivity contribution in [2.24, 2.45) is 7.05 Å². The maximum atomic E-state index is 6.52. The number of aromatic nitrogens is 2. The Kier molecular flexibility index (Phi) is 3.31. The van der Waals surface area contributed by atoms with Crippen LogP contribution in [0.25, 0.3) is 60.4 Å². The van der Waals surface area contributed by atoms with Gasteiger partial charge >= 0.3 is 0 Å². The molecular weight excluding hydrogens is 396 g/mol. The highest BCUT2D eigenvalue weighted by atomic mass is 16.3. The average molecular weight is 417 g/mol. The molecule has 4 nitrogen and oxygen atoms in total. The van der Waals surface area contributed by atoms with Gasteiger partial charge in [0.15, 0.2) is 11.1 Å². The Labute approximate surface area is 183 Å². The lowest BCUT2D eigenvalue weighted by atomic mass is 10.0. The van der Waals surface area contributed by atoms with E-state index in [-0.39, 0.29) is 0 Å². The van der Waals surface area contributed by atoms with Gasteiger partial charge < -0.3 is 8.83 Å². The molecule has 0 spiro atoms. The molecule has 154 valence electrons. The number of fused-ring (bicyclic) bond motifs is 7. The van der Waals surface area contributed by atoms with Gasteiger partial charge in [-0.3, -0.25) is 0 Å². The zero-order valence-electron chi connectivity index (χ0n) is 18.1. The normalized spacial score (nSPS) is 12.2. The van der Waals surface area contributed by atoms with Gasteiger partial charge in [0.1, 0.15) is 16.9 Å². The fourth-order valence-corrected chi connectivity index (χ4v) is 5.13. The minimum Gasteiger partial charge on any atom is -0.464 e. The summed E-state index contributed by atoms with van der Waals surface area (Å²) < 4.78 is 16.7. The number of hydrogen-bond acceptors (Lipinski definition) is 2. The van der Waals surface area contributed by atoms with Crippen LogP contribution >= 0.6 is 0 Å². The van der Waals surface area contributed by atoms with Gasteiger partial charge in [-0.2, -0.15) is 4.57 Å². The summed E-state index contributed by atoms with van der Waals surface area (Å²) in [5, 5.41) is 5.70. The van der Waals surface area contributed by atoms with Gasteiger partial charge in [0.2, 0.25) is 5.52 Å². The molecule has 0 N–H and O–H groups in total. The molecule has 7 aromatic rings. The molecule has 4 aromatic carbocycles. The van der Waals surface area contributed by atoms with E-state index in [2.05, 4.69) is 90.7 Å². The first-order chi connectivity index (χ1) is 15.6. The summed E-state index contributed by atoms with van der Waals surface area (Å²) in [7, 11) is 2.11. The first-order valence-corrected chi connectivity index (χ1v) is 10.8. The molecule has 0 saturated heterocycles. The number of aryl methyl sites for hydroxylation is 2. The molecule has 0 radical (unpaired) electrons. The molecule has 7 rings (SSSR count). The number of imidazole rings is 1. The molecule has 0 fully saturated rings. The smallest absolute Gasteiger partial charge is 0.259 e. The van der Waals surface area contributed by atoms with Crippen molar-refractivity contribution < 1.29 is 13.4 Å². The molecule has 3 heterocycles. The number of rotatable bonds is 1. The van der Waals surface area contributed by atoms with E-state index >= 15 is 0 Å². The van der Waals surface area contributed by atoms with E-state index in [0.717, 1.165) is 55.2 Å². The fraction of sp³-hybridized carbons (Fsp3) is 0.107. The van der Waals surface area contributed by atoms with Gasteiger partial charge in [-0.05, 0) is 71.8 Å². The zero-order valence-corrected chi connectivity index (χ0v) is 18.1. The second kappa shape index (κ2) is 6.01. The summed E-state index contributed by atoms with van der Waals surface area (Å²) in [6, 6.07) is 23.6. The molecule has 0 aliphatic rings. The molecule has 0 bridgehead atoms. The van der Waals surface area contributed by atoms with Crippen LogP contribution in [0.3, 0.4) is 0 Å². The first-order valence-electron chi connectivity index (χ1n) is 10.8. The summed E-state index contributed by atoms with van der Waals surface area (Å²) >= 11 is 0. The van der Waals surface area contributed by atoms with Crippen molar-refractivity contribution >= 4 is 54.7 Å². The summed E-state index contributed by atoms with van der Waals surface area (Å²) in [5.74, 6) is 1.16. The van der Waals surface area contributed by atoms with Crippen LogP contribution < -0.4 is 4.57 Å². The molecule has 0 amide bonds. The Morgan fingerprint density at radius 3 is 2.47 bits per heavy atom. The van der Waals surface area contributed by atoms with E-state index in [1.807, 2.05) is 6.07 Å². The number of hydrogen-bond donors (Lipinski definition) is 0. The van der Waals surface area contributed by atoms with Crippen LogP contribution in [0.2, 0.25) is 0 Å². The first kappa shape index (κ1) is 17.6. The maximum absolute atomic E-state index is 6.52. The number of furan rings is 2. The number of para-hydroxylation sites is 1.